The Kier molecular flexibility index (Phi) is 6.85. The number of rotatable bonds is 7. The van der Waals surface area contributed by atoms with E-state index in [0.717, 1.165) is 6.42 Å². The molecule has 0 radical (unpaired) electrons. The van der Waals surface area contributed by atoms with E-state index < -0.39 is 35.7 Å². The predicted molar refractivity (Wildman–Crippen MR) is 104 cm³/mol. The van der Waals surface area contributed by atoms with E-state index in [1.54, 1.807) is 18.2 Å². The van der Waals surface area contributed by atoms with E-state index >= 15 is 0 Å². The Balaban J connectivity index is 2.16. The Bertz CT molecular complexity index is 768. The lowest BCUT2D eigenvalue weighted by Gasteiger charge is -2.40. The van der Waals surface area contributed by atoms with Crippen molar-refractivity contribution in [1.29, 1.82) is 0 Å². The second-order valence-corrected chi connectivity index (χ2v) is 7.81. The van der Waals surface area contributed by atoms with Gasteiger partial charge in [-0.25, -0.2) is 4.79 Å². The van der Waals surface area contributed by atoms with Crippen molar-refractivity contribution >= 4 is 11.9 Å². The first-order valence-corrected chi connectivity index (χ1v) is 9.38. The van der Waals surface area contributed by atoms with Gasteiger partial charge in [0.15, 0.2) is 6.04 Å². The van der Waals surface area contributed by atoms with Gasteiger partial charge in [-0.2, -0.15) is 0 Å². The van der Waals surface area contributed by atoms with Gasteiger partial charge >= 0.3 is 5.97 Å². The summed E-state index contributed by atoms with van der Waals surface area (Å²) in [5.41, 5.74) is 1.42. The lowest BCUT2D eigenvalue weighted by Crippen LogP contribution is -2.49. The highest BCUT2D eigenvalue weighted by Gasteiger charge is 2.39. The Morgan fingerprint density at radius 2 is 2.07 bits per heavy atom. The molecule has 1 aliphatic heterocycles. The number of carboxylic acid groups (broad SMARTS) is 1. The van der Waals surface area contributed by atoms with Gasteiger partial charge in [-0.15, -0.1) is 0 Å². The van der Waals surface area contributed by atoms with Gasteiger partial charge in [-0.05, 0) is 64.3 Å². The molecule has 7 heteroatoms. The van der Waals surface area contributed by atoms with Crippen LogP contribution in [0.15, 0.2) is 29.8 Å². The predicted octanol–water partition coefficient (Wildman–Crippen LogP) is 2.05. The molecule has 28 heavy (non-hydrogen) atoms. The normalized spacial score (nSPS) is 23.0. The molecule has 1 aromatic carbocycles. The van der Waals surface area contributed by atoms with Crippen LogP contribution in [0.3, 0.4) is 0 Å². The lowest BCUT2D eigenvalue weighted by atomic mass is 9.85. The van der Waals surface area contributed by atoms with Gasteiger partial charge in [0.2, 0.25) is 0 Å². The summed E-state index contributed by atoms with van der Waals surface area (Å²) in [6, 6.07) is 3.39. The number of fused-ring (bicyclic) bond motifs is 1. The van der Waals surface area contributed by atoms with E-state index in [2.05, 4.69) is 11.4 Å². The van der Waals surface area contributed by atoms with Crippen LogP contribution in [0.1, 0.15) is 56.5 Å². The molecule has 0 saturated carbocycles. The number of hydrogen-bond donors (Lipinski definition) is 4. The number of nitrogens with one attached hydrogen (secondary N) is 1. The third-order valence-electron chi connectivity index (χ3n) is 5.01. The Morgan fingerprint density at radius 3 is 2.64 bits per heavy atom. The standard InChI is InChI=1S/C21H29NO6/c1-12(2)6-5-9-21(4)17(24)11-15-10-14(7-8-16(15)28-21)19(25)22-18(13(3)23)20(26)27/h6-8,10,13,17-18,23-24H,5,9,11H2,1-4H3,(H,22,25)(H,26,27)/t13-,17-,18-,21?/m0/s1. The average Bonchev–Trinajstić information content (AvgIpc) is 2.59. The Morgan fingerprint density at radius 1 is 1.39 bits per heavy atom. The molecule has 4 N–H and O–H groups in total. The van der Waals surface area contributed by atoms with E-state index in [1.807, 2.05) is 20.8 Å². The fraction of sp³-hybridized carbons (Fsp3) is 0.524. The number of aliphatic hydroxyl groups excluding tert-OH is 2. The Hall–Kier alpha value is -2.38. The zero-order valence-corrected chi connectivity index (χ0v) is 16.7. The van der Waals surface area contributed by atoms with Crippen LogP contribution in [0.25, 0.3) is 0 Å². The van der Waals surface area contributed by atoms with Crippen LogP contribution in [0.5, 0.6) is 5.75 Å². The van der Waals surface area contributed by atoms with Crippen LogP contribution < -0.4 is 10.1 Å². The van der Waals surface area contributed by atoms with Crippen molar-refractivity contribution in [2.75, 3.05) is 0 Å². The number of allylic oxidation sites excluding steroid dienone is 2. The van der Waals surface area contributed by atoms with E-state index in [0.29, 0.717) is 24.2 Å². The third kappa shape index (κ3) is 5.11. The highest BCUT2D eigenvalue weighted by molar-refractivity contribution is 5.97. The third-order valence-corrected chi connectivity index (χ3v) is 5.01. The van der Waals surface area contributed by atoms with Crippen LogP contribution in [0.4, 0.5) is 0 Å². The van der Waals surface area contributed by atoms with Gasteiger partial charge in [-0.3, -0.25) is 4.79 Å². The summed E-state index contributed by atoms with van der Waals surface area (Å²) in [6.07, 6.45) is 1.93. The van der Waals surface area contributed by atoms with E-state index in [1.165, 1.54) is 12.5 Å². The molecular weight excluding hydrogens is 362 g/mol. The maximum atomic E-state index is 12.4. The van der Waals surface area contributed by atoms with Crippen molar-refractivity contribution in [3.63, 3.8) is 0 Å². The van der Waals surface area contributed by atoms with Crippen molar-refractivity contribution in [2.45, 2.75) is 70.8 Å². The molecule has 0 fully saturated rings. The van der Waals surface area contributed by atoms with Gasteiger partial charge in [0, 0.05) is 12.0 Å². The van der Waals surface area contributed by atoms with Crippen LogP contribution in [-0.4, -0.2) is 51.0 Å². The molecule has 7 nitrogen and oxygen atoms in total. The summed E-state index contributed by atoms with van der Waals surface area (Å²) in [4.78, 5) is 23.5. The van der Waals surface area contributed by atoms with Crippen LogP contribution in [0, 0.1) is 0 Å². The minimum atomic E-state index is -1.40. The van der Waals surface area contributed by atoms with Crippen molar-refractivity contribution < 1.29 is 29.6 Å². The summed E-state index contributed by atoms with van der Waals surface area (Å²) in [5, 5.41) is 31.5. The molecule has 0 saturated heterocycles. The highest BCUT2D eigenvalue weighted by atomic mass is 16.5. The molecular formula is C21H29NO6. The molecule has 1 heterocycles. The fourth-order valence-electron chi connectivity index (χ4n) is 3.20. The maximum absolute atomic E-state index is 12.4. The molecule has 0 aromatic heterocycles. The van der Waals surface area contributed by atoms with E-state index in [4.69, 9.17) is 9.84 Å². The first-order valence-electron chi connectivity index (χ1n) is 9.38. The number of carboxylic acids is 1. The smallest absolute Gasteiger partial charge is 0.328 e. The molecule has 2 rings (SSSR count). The summed E-state index contributed by atoms with van der Waals surface area (Å²) in [5.74, 6) is -1.32. The van der Waals surface area contributed by atoms with Gasteiger partial charge in [0.05, 0.1) is 12.2 Å². The van der Waals surface area contributed by atoms with Crippen molar-refractivity contribution in [1.82, 2.24) is 5.32 Å². The van der Waals surface area contributed by atoms with Crippen LogP contribution in [-0.2, 0) is 11.2 Å². The summed E-state index contributed by atoms with van der Waals surface area (Å²) < 4.78 is 6.06. The zero-order chi connectivity index (χ0) is 21.1. The maximum Gasteiger partial charge on any atom is 0.328 e. The average molecular weight is 391 g/mol. The lowest BCUT2D eigenvalue weighted by molar-refractivity contribution is -0.141. The van der Waals surface area contributed by atoms with Gasteiger partial charge in [0.1, 0.15) is 11.4 Å². The molecule has 154 valence electrons. The second-order valence-electron chi connectivity index (χ2n) is 7.81. The molecule has 1 aromatic rings. The van der Waals surface area contributed by atoms with Crippen LogP contribution in [0.2, 0.25) is 0 Å². The van der Waals surface area contributed by atoms with Crippen molar-refractivity contribution in [3.05, 3.63) is 41.0 Å². The highest BCUT2D eigenvalue weighted by Crippen LogP contribution is 2.36. The van der Waals surface area contributed by atoms with Crippen molar-refractivity contribution in [2.24, 2.45) is 0 Å². The number of amides is 1. The number of aliphatic hydroxyl groups is 2. The second kappa shape index (κ2) is 8.75. The summed E-state index contributed by atoms with van der Waals surface area (Å²) >= 11 is 0. The summed E-state index contributed by atoms with van der Waals surface area (Å²) in [6.45, 7) is 7.22. The monoisotopic (exact) mass is 391 g/mol. The minimum absolute atomic E-state index is 0.245. The number of aliphatic carboxylic acids is 1. The zero-order valence-electron chi connectivity index (χ0n) is 16.7. The number of carbonyl (C=O) groups excluding carboxylic acids is 1. The molecule has 4 atom stereocenters. The van der Waals surface area contributed by atoms with Gasteiger partial charge < -0.3 is 25.4 Å². The van der Waals surface area contributed by atoms with Gasteiger partial charge in [0.25, 0.3) is 5.91 Å². The molecule has 1 aliphatic rings. The molecule has 0 bridgehead atoms. The number of ether oxygens (including phenoxy) is 1. The fourth-order valence-corrected chi connectivity index (χ4v) is 3.20. The number of carbonyl (C=O) groups is 2. The largest absolute Gasteiger partial charge is 0.485 e. The molecule has 1 unspecified atom stereocenters. The number of benzene rings is 1. The summed E-state index contributed by atoms with van der Waals surface area (Å²) in [7, 11) is 0. The first kappa shape index (κ1) is 21.9. The van der Waals surface area contributed by atoms with Gasteiger partial charge in [-0.1, -0.05) is 11.6 Å². The molecule has 0 spiro atoms. The number of hydrogen-bond acceptors (Lipinski definition) is 5. The Labute approximate surface area is 165 Å². The molecule has 1 amide bonds. The quantitative estimate of drug-likeness (QED) is 0.529. The topological polar surface area (TPSA) is 116 Å². The minimum Gasteiger partial charge on any atom is -0.485 e. The van der Waals surface area contributed by atoms with Crippen molar-refractivity contribution in [3.8, 4) is 5.75 Å². The SMILES string of the molecule is CC(C)=CCCC1(C)Oc2ccc(C(=O)N[C@H](C(=O)O)[C@H](C)O)cc2C[C@@H]1O. The van der Waals surface area contributed by atoms with Crippen LogP contribution >= 0.6 is 0 Å². The molecule has 0 aliphatic carbocycles. The first-order chi connectivity index (χ1) is 13.0. The van der Waals surface area contributed by atoms with E-state index in [9.17, 15) is 19.8 Å². The van der Waals surface area contributed by atoms with E-state index in [-0.39, 0.29) is 5.56 Å².